The lowest BCUT2D eigenvalue weighted by atomic mass is 10.0. The maximum Gasteiger partial charge on any atom is 0.118 e. The van der Waals surface area contributed by atoms with Gasteiger partial charge in [0.2, 0.25) is 0 Å². The topological polar surface area (TPSA) is 24.5 Å². The number of likely N-dealkylation sites (tertiary alicyclic amines) is 1. The van der Waals surface area contributed by atoms with E-state index in [2.05, 4.69) is 34.5 Å². The zero-order valence-corrected chi connectivity index (χ0v) is 12.5. The van der Waals surface area contributed by atoms with E-state index in [0.717, 1.165) is 18.2 Å². The number of nitrogens with one attached hydrogen (secondary N) is 1. The molecule has 1 unspecified atom stereocenters. The van der Waals surface area contributed by atoms with Crippen molar-refractivity contribution in [2.45, 2.75) is 31.7 Å². The van der Waals surface area contributed by atoms with Crippen molar-refractivity contribution in [2.24, 2.45) is 5.92 Å². The van der Waals surface area contributed by atoms with Gasteiger partial charge in [-0.3, -0.25) is 0 Å². The first kappa shape index (κ1) is 13.9. The molecule has 1 aromatic rings. The van der Waals surface area contributed by atoms with E-state index in [0.29, 0.717) is 6.04 Å². The van der Waals surface area contributed by atoms with E-state index in [-0.39, 0.29) is 0 Å². The number of rotatable bonds is 7. The number of nitrogens with zero attached hydrogens (tertiary/aromatic N) is 1. The Balaban J connectivity index is 1.54. The maximum absolute atomic E-state index is 5.25. The van der Waals surface area contributed by atoms with Crippen molar-refractivity contribution in [2.75, 3.05) is 33.3 Å². The van der Waals surface area contributed by atoms with Gasteiger partial charge in [0.1, 0.15) is 5.75 Å². The largest absolute Gasteiger partial charge is 0.497 e. The quantitative estimate of drug-likeness (QED) is 0.827. The van der Waals surface area contributed by atoms with Gasteiger partial charge in [0.05, 0.1) is 7.11 Å². The summed E-state index contributed by atoms with van der Waals surface area (Å²) in [5.41, 5.74) is 1.41. The van der Waals surface area contributed by atoms with Crippen molar-refractivity contribution in [3.63, 3.8) is 0 Å². The molecule has 2 fully saturated rings. The van der Waals surface area contributed by atoms with Gasteiger partial charge >= 0.3 is 0 Å². The van der Waals surface area contributed by atoms with Crippen molar-refractivity contribution in [3.8, 4) is 5.75 Å². The van der Waals surface area contributed by atoms with Crippen LogP contribution in [0.3, 0.4) is 0 Å². The SMILES string of the molecule is COc1ccc(C(NCCN2CCCC2)C2CC2)cc1. The highest BCUT2D eigenvalue weighted by atomic mass is 16.5. The zero-order valence-electron chi connectivity index (χ0n) is 12.5. The zero-order chi connectivity index (χ0) is 13.8. The molecule has 1 aliphatic carbocycles. The first-order chi connectivity index (χ1) is 9.86. The van der Waals surface area contributed by atoms with Crippen LogP contribution in [0.25, 0.3) is 0 Å². The fraction of sp³-hybridized carbons (Fsp3) is 0.647. The third-order valence-electron chi connectivity index (χ3n) is 4.56. The van der Waals surface area contributed by atoms with Gasteiger partial charge < -0.3 is 15.0 Å². The summed E-state index contributed by atoms with van der Waals surface area (Å²) in [6.45, 7) is 4.88. The molecule has 1 aromatic carbocycles. The lowest BCUT2D eigenvalue weighted by molar-refractivity contribution is 0.323. The highest BCUT2D eigenvalue weighted by Gasteiger charge is 2.31. The summed E-state index contributed by atoms with van der Waals surface area (Å²) in [6, 6.07) is 9.11. The molecule has 0 aromatic heterocycles. The molecule has 1 N–H and O–H groups in total. The minimum atomic E-state index is 0.531. The van der Waals surface area contributed by atoms with Crippen LogP contribution in [0.5, 0.6) is 5.75 Å². The average molecular weight is 274 g/mol. The second-order valence-electron chi connectivity index (χ2n) is 6.09. The molecular weight excluding hydrogens is 248 g/mol. The first-order valence-corrected chi connectivity index (χ1v) is 7.96. The molecule has 0 bridgehead atoms. The third-order valence-corrected chi connectivity index (χ3v) is 4.56. The van der Waals surface area contributed by atoms with Crippen LogP contribution in [0.15, 0.2) is 24.3 Å². The molecule has 1 saturated heterocycles. The molecule has 3 heteroatoms. The van der Waals surface area contributed by atoms with E-state index in [1.807, 2.05) is 0 Å². The number of hydrogen-bond donors (Lipinski definition) is 1. The van der Waals surface area contributed by atoms with Crippen LogP contribution in [0.1, 0.15) is 37.3 Å². The van der Waals surface area contributed by atoms with E-state index in [1.165, 1.54) is 50.9 Å². The Morgan fingerprint density at radius 1 is 1.20 bits per heavy atom. The highest BCUT2D eigenvalue weighted by Crippen LogP contribution is 2.41. The van der Waals surface area contributed by atoms with E-state index in [9.17, 15) is 0 Å². The average Bonchev–Trinajstić information content (AvgIpc) is 3.20. The fourth-order valence-corrected chi connectivity index (χ4v) is 3.18. The number of methoxy groups -OCH3 is 1. The molecule has 1 atom stereocenters. The van der Waals surface area contributed by atoms with Crippen molar-refractivity contribution < 1.29 is 4.74 Å². The minimum absolute atomic E-state index is 0.531. The minimum Gasteiger partial charge on any atom is -0.497 e. The van der Waals surface area contributed by atoms with Crippen molar-refractivity contribution in [1.82, 2.24) is 10.2 Å². The Morgan fingerprint density at radius 2 is 1.90 bits per heavy atom. The van der Waals surface area contributed by atoms with Crippen molar-refractivity contribution in [1.29, 1.82) is 0 Å². The molecule has 1 heterocycles. The van der Waals surface area contributed by atoms with E-state index >= 15 is 0 Å². The number of hydrogen-bond acceptors (Lipinski definition) is 3. The number of ether oxygens (including phenoxy) is 1. The Morgan fingerprint density at radius 3 is 2.50 bits per heavy atom. The molecule has 0 radical (unpaired) electrons. The molecule has 2 aliphatic rings. The van der Waals surface area contributed by atoms with Gasteiger partial charge in [0.25, 0.3) is 0 Å². The molecule has 0 amide bonds. The van der Waals surface area contributed by atoms with Gasteiger partial charge in [-0.05, 0) is 62.4 Å². The third kappa shape index (κ3) is 3.53. The van der Waals surface area contributed by atoms with Gasteiger partial charge in [-0.1, -0.05) is 12.1 Å². The monoisotopic (exact) mass is 274 g/mol. The molecule has 3 nitrogen and oxygen atoms in total. The lowest BCUT2D eigenvalue weighted by Crippen LogP contribution is -2.33. The summed E-state index contributed by atoms with van der Waals surface area (Å²) in [5.74, 6) is 1.78. The van der Waals surface area contributed by atoms with Gasteiger partial charge in [-0.2, -0.15) is 0 Å². The lowest BCUT2D eigenvalue weighted by Gasteiger charge is -2.21. The summed E-state index contributed by atoms with van der Waals surface area (Å²) >= 11 is 0. The van der Waals surface area contributed by atoms with Gasteiger partial charge in [0, 0.05) is 19.1 Å². The van der Waals surface area contributed by atoms with E-state index in [1.54, 1.807) is 7.11 Å². The molecular formula is C17H26N2O. The summed E-state index contributed by atoms with van der Waals surface area (Å²) in [4.78, 5) is 2.57. The Bertz CT molecular complexity index is 408. The highest BCUT2D eigenvalue weighted by molar-refractivity contribution is 5.30. The van der Waals surface area contributed by atoms with Crippen LogP contribution in [-0.2, 0) is 0 Å². The molecule has 0 spiro atoms. The predicted octanol–water partition coefficient (Wildman–Crippen LogP) is 2.83. The molecule has 1 aliphatic heterocycles. The van der Waals surface area contributed by atoms with Crippen LogP contribution < -0.4 is 10.1 Å². The predicted molar refractivity (Wildman–Crippen MR) is 82.1 cm³/mol. The molecule has 1 saturated carbocycles. The first-order valence-electron chi connectivity index (χ1n) is 7.96. The van der Waals surface area contributed by atoms with Crippen LogP contribution >= 0.6 is 0 Å². The van der Waals surface area contributed by atoms with Crippen LogP contribution in [0.4, 0.5) is 0 Å². The van der Waals surface area contributed by atoms with Crippen LogP contribution in [0, 0.1) is 5.92 Å². The Labute approximate surface area is 122 Å². The fourth-order valence-electron chi connectivity index (χ4n) is 3.18. The Kier molecular flexibility index (Phi) is 4.58. The van der Waals surface area contributed by atoms with Crippen LogP contribution in [-0.4, -0.2) is 38.2 Å². The number of benzene rings is 1. The van der Waals surface area contributed by atoms with Gasteiger partial charge in [-0.15, -0.1) is 0 Å². The summed E-state index contributed by atoms with van der Waals surface area (Å²) < 4.78 is 5.25. The standard InChI is InChI=1S/C17H26N2O/c1-20-16-8-6-15(7-9-16)17(14-4-5-14)18-10-13-19-11-2-3-12-19/h6-9,14,17-18H,2-5,10-13H2,1H3. The molecule has 110 valence electrons. The maximum atomic E-state index is 5.25. The van der Waals surface area contributed by atoms with Gasteiger partial charge in [0.15, 0.2) is 0 Å². The van der Waals surface area contributed by atoms with Gasteiger partial charge in [-0.25, -0.2) is 0 Å². The van der Waals surface area contributed by atoms with Crippen molar-refractivity contribution >= 4 is 0 Å². The molecule has 20 heavy (non-hydrogen) atoms. The normalized spacial score (nSPS) is 21.1. The smallest absolute Gasteiger partial charge is 0.118 e. The second kappa shape index (κ2) is 6.59. The Hall–Kier alpha value is -1.06. The van der Waals surface area contributed by atoms with Crippen molar-refractivity contribution in [3.05, 3.63) is 29.8 Å². The second-order valence-corrected chi connectivity index (χ2v) is 6.09. The summed E-state index contributed by atoms with van der Waals surface area (Å²) in [5, 5.41) is 3.78. The van der Waals surface area contributed by atoms with Crippen LogP contribution in [0.2, 0.25) is 0 Å². The summed E-state index contributed by atoms with van der Waals surface area (Å²) in [6.07, 6.45) is 5.50. The summed E-state index contributed by atoms with van der Waals surface area (Å²) in [7, 11) is 1.72. The molecule has 3 rings (SSSR count). The van der Waals surface area contributed by atoms with E-state index < -0.39 is 0 Å². The van der Waals surface area contributed by atoms with E-state index in [4.69, 9.17) is 4.74 Å².